The van der Waals surface area contributed by atoms with E-state index < -0.39 is 86.0 Å². The van der Waals surface area contributed by atoms with Crippen LogP contribution in [-0.2, 0) is 52.2 Å². The average Bonchev–Trinajstić information content (AvgIpc) is 3.03. The second-order valence-corrected chi connectivity index (χ2v) is 10.6. The minimum Gasteiger partial charge on any atom is -0.477 e. The van der Waals surface area contributed by atoms with Crippen molar-refractivity contribution in [1.29, 1.82) is 0 Å². The number of aliphatic hydroxyl groups is 4. The molecule has 7 N–H and O–H groups in total. The monoisotopic (exact) mass is 688 g/mol. The highest BCUT2D eigenvalue weighted by Gasteiger charge is 2.56. The Bertz CT molecular complexity index is 884. The SMILES string of the molecule is COCCOCCOCC(COC(=O)NCC(=O)N[C@H]1C([C@H](O)[C@H](O)CO)O[C@](OC(C)C)(C(=O)O)C[C@H]1O)OCCOCCOC. The first-order chi connectivity index (χ1) is 22.4. The van der Waals surface area contributed by atoms with E-state index in [-0.39, 0.29) is 33.0 Å². The van der Waals surface area contributed by atoms with Crippen molar-refractivity contribution in [2.75, 3.05) is 93.4 Å². The quantitative estimate of drug-likeness (QED) is 0.0447. The van der Waals surface area contributed by atoms with E-state index in [9.17, 15) is 39.9 Å². The number of aliphatic carboxylic acids is 1. The number of nitrogens with one attached hydrogen (secondary N) is 2. The van der Waals surface area contributed by atoms with Gasteiger partial charge in [-0.2, -0.15) is 0 Å². The molecule has 1 aliphatic heterocycles. The van der Waals surface area contributed by atoms with Crippen LogP contribution in [0.2, 0.25) is 0 Å². The van der Waals surface area contributed by atoms with Crippen molar-refractivity contribution in [1.82, 2.24) is 10.6 Å². The van der Waals surface area contributed by atoms with Gasteiger partial charge in [0.05, 0.1) is 84.3 Å². The number of methoxy groups -OCH3 is 2. The van der Waals surface area contributed by atoms with Crippen LogP contribution in [0.1, 0.15) is 20.3 Å². The summed E-state index contributed by atoms with van der Waals surface area (Å²) >= 11 is 0. The van der Waals surface area contributed by atoms with Gasteiger partial charge in [0.15, 0.2) is 0 Å². The van der Waals surface area contributed by atoms with E-state index in [2.05, 4.69) is 10.6 Å². The first-order valence-electron chi connectivity index (χ1n) is 15.2. The molecule has 0 aliphatic carbocycles. The molecule has 7 atom stereocenters. The first kappa shape index (κ1) is 42.8. The van der Waals surface area contributed by atoms with Crippen LogP contribution in [0.5, 0.6) is 0 Å². The van der Waals surface area contributed by atoms with Crippen LogP contribution in [0.4, 0.5) is 4.79 Å². The smallest absolute Gasteiger partial charge is 0.407 e. The predicted octanol–water partition coefficient (Wildman–Crippen LogP) is -3.00. The number of ether oxygens (including phenoxy) is 9. The summed E-state index contributed by atoms with van der Waals surface area (Å²) in [4.78, 5) is 37.2. The Hall–Kier alpha value is -2.27. The maximum absolute atomic E-state index is 12.7. The van der Waals surface area contributed by atoms with E-state index in [1.165, 1.54) is 13.8 Å². The van der Waals surface area contributed by atoms with Gasteiger partial charge in [0.2, 0.25) is 5.91 Å². The molecule has 19 nitrogen and oxygen atoms in total. The third kappa shape index (κ3) is 16.6. The highest BCUT2D eigenvalue weighted by molar-refractivity contribution is 5.82. The average molecular weight is 689 g/mol. The fraction of sp³-hybridized carbons (Fsp3) is 0.893. The molecule has 2 amide bonds. The Kier molecular flexibility index (Phi) is 21.8. The van der Waals surface area contributed by atoms with Gasteiger partial charge < -0.3 is 78.8 Å². The molecule has 47 heavy (non-hydrogen) atoms. The number of amides is 2. The van der Waals surface area contributed by atoms with Crippen LogP contribution >= 0.6 is 0 Å². The van der Waals surface area contributed by atoms with E-state index >= 15 is 0 Å². The normalized spacial score (nSPS) is 23.2. The number of rotatable bonds is 26. The molecule has 276 valence electrons. The van der Waals surface area contributed by atoms with Gasteiger partial charge in [-0.1, -0.05) is 0 Å². The van der Waals surface area contributed by atoms with Crippen molar-refractivity contribution in [2.45, 2.75) is 68.7 Å². The van der Waals surface area contributed by atoms with Crippen molar-refractivity contribution in [3.8, 4) is 0 Å². The molecule has 1 fully saturated rings. The molecule has 0 bridgehead atoms. The molecule has 0 aromatic rings. The molecule has 0 saturated carbocycles. The fourth-order valence-corrected chi connectivity index (χ4v) is 4.24. The van der Waals surface area contributed by atoms with Crippen LogP contribution < -0.4 is 10.6 Å². The Balaban J connectivity index is 2.72. The second-order valence-electron chi connectivity index (χ2n) is 10.6. The number of hydrogen-bond acceptors (Lipinski definition) is 16. The van der Waals surface area contributed by atoms with Gasteiger partial charge in [0.25, 0.3) is 5.79 Å². The first-order valence-corrected chi connectivity index (χ1v) is 15.2. The summed E-state index contributed by atoms with van der Waals surface area (Å²) in [6.07, 6.45) is -10.2. The lowest BCUT2D eigenvalue weighted by Gasteiger charge is -2.47. The van der Waals surface area contributed by atoms with Crippen molar-refractivity contribution in [3.63, 3.8) is 0 Å². The third-order valence-corrected chi connectivity index (χ3v) is 6.48. The molecule has 0 spiro atoms. The predicted molar refractivity (Wildman–Crippen MR) is 158 cm³/mol. The van der Waals surface area contributed by atoms with Crippen LogP contribution in [-0.4, -0.2) is 185 Å². The summed E-state index contributed by atoms with van der Waals surface area (Å²) in [5.41, 5.74) is 0. The van der Waals surface area contributed by atoms with Crippen molar-refractivity contribution < 1.29 is 82.5 Å². The summed E-state index contributed by atoms with van der Waals surface area (Å²) in [5.74, 6) is -4.92. The zero-order chi connectivity index (χ0) is 35.2. The highest BCUT2D eigenvalue weighted by atomic mass is 16.7. The zero-order valence-electron chi connectivity index (χ0n) is 27.4. The van der Waals surface area contributed by atoms with E-state index in [1.54, 1.807) is 14.2 Å². The van der Waals surface area contributed by atoms with Crippen LogP contribution in [0, 0.1) is 0 Å². The summed E-state index contributed by atoms with van der Waals surface area (Å²) < 4.78 is 47.8. The largest absolute Gasteiger partial charge is 0.477 e. The Labute approximate surface area is 273 Å². The lowest BCUT2D eigenvalue weighted by Crippen LogP contribution is -2.68. The maximum atomic E-state index is 12.7. The van der Waals surface area contributed by atoms with Gasteiger partial charge in [0, 0.05) is 20.6 Å². The molecule has 0 aromatic carbocycles. The summed E-state index contributed by atoms with van der Waals surface area (Å²) in [6.45, 7) is 3.89. The van der Waals surface area contributed by atoms with Crippen molar-refractivity contribution >= 4 is 18.0 Å². The topological polar surface area (TPSA) is 259 Å². The number of alkyl carbamates (subject to hydrolysis) is 1. The Morgan fingerprint density at radius 3 is 2.09 bits per heavy atom. The number of carboxylic acid groups (broad SMARTS) is 1. The molecule has 0 radical (unpaired) electrons. The molecular weight excluding hydrogens is 636 g/mol. The van der Waals surface area contributed by atoms with E-state index in [0.717, 1.165) is 0 Å². The highest BCUT2D eigenvalue weighted by Crippen LogP contribution is 2.34. The fourth-order valence-electron chi connectivity index (χ4n) is 4.24. The molecule has 2 unspecified atom stereocenters. The summed E-state index contributed by atoms with van der Waals surface area (Å²) in [6, 6.07) is -1.47. The van der Waals surface area contributed by atoms with E-state index in [4.69, 9.17) is 42.6 Å². The molecule has 1 rings (SSSR count). The van der Waals surface area contributed by atoms with Gasteiger partial charge in [-0.25, -0.2) is 9.59 Å². The van der Waals surface area contributed by atoms with Gasteiger partial charge in [-0.3, -0.25) is 4.79 Å². The minimum atomic E-state index is -2.42. The zero-order valence-corrected chi connectivity index (χ0v) is 27.4. The third-order valence-electron chi connectivity index (χ3n) is 6.48. The number of aliphatic hydroxyl groups excluding tert-OH is 4. The molecule has 1 heterocycles. The van der Waals surface area contributed by atoms with Gasteiger partial charge >= 0.3 is 12.1 Å². The number of hydrogen-bond donors (Lipinski definition) is 7. The molecular formula is C28H52N2O17. The Morgan fingerprint density at radius 1 is 0.915 bits per heavy atom. The maximum Gasteiger partial charge on any atom is 0.407 e. The number of carbonyl (C=O) groups is 3. The lowest BCUT2D eigenvalue weighted by molar-refractivity contribution is -0.319. The van der Waals surface area contributed by atoms with Crippen LogP contribution in [0.15, 0.2) is 0 Å². The van der Waals surface area contributed by atoms with Crippen LogP contribution in [0.3, 0.4) is 0 Å². The molecule has 19 heteroatoms. The molecule has 1 aliphatic rings. The van der Waals surface area contributed by atoms with Gasteiger partial charge in [0.1, 0.15) is 37.6 Å². The number of carbonyl (C=O) groups excluding carboxylic acids is 2. The second kappa shape index (κ2) is 24.0. The van der Waals surface area contributed by atoms with Crippen LogP contribution in [0.25, 0.3) is 0 Å². The lowest BCUT2D eigenvalue weighted by atomic mass is 9.88. The molecule has 0 aromatic heterocycles. The van der Waals surface area contributed by atoms with Crippen molar-refractivity contribution in [3.05, 3.63) is 0 Å². The standard InChI is InChI=1S/C28H52N2O17/c1-18(2)46-28(26(36)37)13-20(32)23(25(47-28)24(35)21(33)15-31)30-22(34)14-29-27(38)45-17-19(44-12-11-42-8-6-40-4)16-43-10-9-41-7-5-39-3/h18-21,23-25,31-33,35H,5-17H2,1-4H3,(H,29,38)(H,30,34)(H,36,37)/t19?,20-,21-,23-,24-,25?,28+/m1/s1. The summed E-state index contributed by atoms with van der Waals surface area (Å²) in [7, 11) is 3.11. The molecule has 1 saturated heterocycles. The van der Waals surface area contributed by atoms with Gasteiger partial charge in [-0.05, 0) is 13.8 Å². The van der Waals surface area contributed by atoms with Gasteiger partial charge in [-0.15, -0.1) is 0 Å². The minimum absolute atomic E-state index is 0.0564. The summed E-state index contributed by atoms with van der Waals surface area (Å²) in [5, 5.41) is 55.2. The Morgan fingerprint density at radius 2 is 1.51 bits per heavy atom. The van der Waals surface area contributed by atoms with E-state index in [1.807, 2.05) is 0 Å². The number of carboxylic acids is 1. The van der Waals surface area contributed by atoms with E-state index in [0.29, 0.717) is 33.0 Å². The van der Waals surface area contributed by atoms with Crippen molar-refractivity contribution in [2.24, 2.45) is 0 Å².